The van der Waals surface area contributed by atoms with E-state index in [0.717, 1.165) is 43.9 Å². The van der Waals surface area contributed by atoms with E-state index in [4.69, 9.17) is 0 Å². The summed E-state index contributed by atoms with van der Waals surface area (Å²) in [7, 11) is 1.77. The maximum atomic E-state index is 13.2. The predicted molar refractivity (Wildman–Crippen MR) is 106 cm³/mol. The lowest BCUT2D eigenvalue weighted by atomic mass is 10.1. The van der Waals surface area contributed by atoms with Crippen LogP contribution in [-0.2, 0) is 12.8 Å². The van der Waals surface area contributed by atoms with Gasteiger partial charge in [0.2, 0.25) is 0 Å². The molecule has 4 nitrogen and oxygen atoms in total. The van der Waals surface area contributed by atoms with Gasteiger partial charge in [0.05, 0.1) is 0 Å². The maximum absolute atomic E-state index is 13.2. The van der Waals surface area contributed by atoms with E-state index < -0.39 is 0 Å². The molecular weight excluding hydrogens is 327 g/mol. The molecule has 136 valence electrons. The summed E-state index contributed by atoms with van der Waals surface area (Å²) in [5, 5.41) is 7.92. The summed E-state index contributed by atoms with van der Waals surface area (Å²) in [6.45, 7) is 1.61. The Morgan fingerprint density at radius 3 is 2.73 bits per heavy atom. The molecule has 3 N–H and O–H groups in total. The number of guanidine groups is 1. The molecule has 1 aromatic heterocycles. The number of para-hydroxylation sites is 1. The van der Waals surface area contributed by atoms with Gasteiger partial charge in [0.1, 0.15) is 5.82 Å². The van der Waals surface area contributed by atoms with Crippen LogP contribution >= 0.6 is 0 Å². The molecule has 1 heterocycles. The summed E-state index contributed by atoms with van der Waals surface area (Å²) in [6.07, 6.45) is 4.76. The molecule has 0 bridgehead atoms. The SMILES string of the molecule is CN=C(NCCCc1cccc(F)c1)NCCc1c[nH]c2ccccc12. The van der Waals surface area contributed by atoms with Crippen LogP contribution in [0.5, 0.6) is 0 Å². The highest BCUT2D eigenvalue weighted by molar-refractivity contribution is 5.83. The van der Waals surface area contributed by atoms with Gasteiger partial charge in [0.25, 0.3) is 0 Å². The molecule has 0 unspecified atom stereocenters. The zero-order chi connectivity index (χ0) is 18.2. The van der Waals surface area contributed by atoms with E-state index in [0.29, 0.717) is 0 Å². The average Bonchev–Trinajstić information content (AvgIpc) is 3.07. The number of nitrogens with one attached hydrogen (secondary N) is 3. The number of hydrogen-bond donors (Lipinski definition) is 3. The van der Waals surface area contributed by atoms with Gasteiger partial charge in [-0.05, 0) is 48.6 Å². The standard InChI is InChI=1S/C21H25FN4/c1-23-21(24-12-5-7-16-6-4-8-18(22)14-16)25-13-11-17-15-26-20-10-3-2-9-19(17)20/h2-4,6,8-10,14-15,26H,5,7,11-13H2,1H3,(H2,23,24,25). The van der Waals surface area contributed by atoms with Crippen molar-refractivity contribution in [3.63, 3.8) is 0 Å². The first-order valence-electron chi connectivity index (χ1n) is 9.00. The van der Waals surface area contributed by atoms with Gasteiger partial charge in [-0.15, -0.1) is 0 Å². The number of fused-ring (bicyclic) bond motifs is 1. The van der Waals surface area contributed by atoms with Crippen molar-refractivity contribution in [1.82, 2.24) is 15.6 Å². The molecule has 0 saturated heterocycles. The summed E-state index contributed by atoms with van der Waals surface area (Å²) >= 11 is 0. The van der Waals surface area contributed by atoms with Gasteiger partial charge in [-0.1, -0.05) is 30.3 Å². The first-order valence-corrected chi connectivity index (χ1v) is 9.00. The molecular formula is C21H25FN4. The van der Waals surface area contributed by atoms with E-state index in [1.54, 1.807) is 19.2 Å². The lowest BCUT2D eigenvalue weighted by Crippen LogP contribution is -2.38. The minimum Gasteiger partial charge on any atom is -0.361 e. The van der Waals surface area contributed by atoms with Gasteiger partial charge in [0, 0.05) is 37.2 Å². The number of aromatic nitrogens is 1. The van der Waals surface area contributed by atoms with Gasteiger partial charge in [-0.2, -0.15) is 0 Å². The zero-order valence-corrected chi connectivity index (χ0v) is 15.1. The van der Waals surface area contributed by atoms with Crippen LogP contribution in [0.2, 0.25) is 0 Å². The topological polar surface area (TPSA) is 52.2 Å². The molecule has 0 saturated carbocycles. The van der Waals surface area contributed by atoms with E-state index >= 15 is 0 Å². The monoisotopic (exact) mass is 352 g/mol. The van der Waals surface area contributed by atoms with Crippen molar-refractivity contribution in [3.05, 3.63) is 71.7 Å². The highest BCUT2D eigenvalue weighted by Gasteiger charge is 2.03. The molecule has 0 spiro atoms. The summed E-state index contributed by atoms with van der Waals surface area (Å²) < 4.78 is 13.2. The minimum absolute atomic E-state index is 0.176. The molecule has 0 radical (unpaired) electrons. The van der Waals surface area contributed by atoms with E-state index in [1.165, 1.54) is 22.5 Å². The highest BCUT2D eigenvalue weighted by atomic mass is 19.1. The normalized spacial score (nSPS) is 11.7. The third-order valence-electron chi connectivity index (χ3n) is 4.41. The largest absolute Gasteiger partial charge is 0.361 e. The fourth-order valence-corrected chi connectivity index (χ4v) is 3.07. The fourth-order valence-electron chi connectivity index (χ4n) is 3.07. The molecule has 0 aliphatic rings. The molecule has 5 heteroatoms. The summed E-state index contributed by atoms with van der Waals surface area (Å²) in [4.78, 5) is 7.56. The highest BCUT2D eigenvalue weighted by Crippen LogP contribution is 2.17. The molecule has 0 aliphatic heterocycles. The smallest absolute Gasteiger partial charge is 0.190 e. The number of nitrogens with zero attached hydrogens (tertiary/aromatic N) is 1. The van der Waals surface area contributed by atoms with Crippen LogP contribution in [0.3, 0.4) is 0 Å². The van der Waals surface area contributed by atoms with Crippen molar-refractivity contribution in [3.8, 4) is 0 Å². The van der Waals surface area contributed by atoms with Crippen LogP contribution in [-0.4, -0.2) is 31.1 Å². The molecule has 0 fully saturated rings. The number of benzene rings is 2. The van der Waals surface area contributed by atoms with Gasteiger partial charge >= 0.3 is 0 Å². The Kier molecular flexibility index (Phi) is 6.25. The Balaban J connectivity index is 1.39. The van der Waals surface area contributed by atoms with Crippen molar-refractivity contribution in [2.24, 2.45) is 4.99 Å². The summed E-state index contributed by atoms with van der Waals surface area (Å²) in [6, 6.07) is 15.1. The number of hydrogen-bond acceptors (Lipinski definition) is 1. The molecule has 3 rings (SSSR count). The second-order valence-electron chi connectivity index (χ2n) is 6.27. The molecule has 2 aromatic carbocycles. The maximum Gasteiger partial charge on any atom is 0.190 e. The third kappa shape index (κ3) is 4.85. The van der Waals surface area contributed by atoms with Crippen molar-refractivity contribution < 1.29 is 4.39 Å². The minimum atomic E-state index is -0.176. The molecule has 0 atom stereocenters. The Hall–Kier alpha value is -2.82. The van der Waals surface area contributed by atoms with Crippen LogP contribution in [0, 0.1) is 5.82 Å². The Morgan fingerprint density at radius 1 is 1.04 bits per heavy atom. The molecule has 26 heavy (non-hydrogen) atoms. The Labute approximate surface area is 153 Å². The van der Waals surface area contributed by atoms with E-state index in [-0.39, 0.29) is 5.82 Å². The fraction of sp³-hybridized carbons (Fsp3) is 0.286. The van der Waals surface area contributed by atoms with Gasteiger partial charge < -0.3 is 15.6 Å². The zero-order valence-electron chi connectivity index (χ0n) is 15.1. The van der Waals surface area contributed by atoms with Crippen LogP contribution in [0.25, 0.3) is 10.9 Å². The quantitative estimate of drug-likeness (QED) is 0.345. The molecule has 3 aromatic rings. The number of aliphatic imine (C=N–C) groups is 1. The number of aromatic amines is 1. The summed E-state index contributed by atoms with van der Waals surface area (Å²) in [5.74, 6) is 0.620. The lowest BCUT2D eigenvalue weighted by molar-refractivity contribution is 0.624. The van der Waals surface area contributed by atoms with Crippen molar-refractivity contribution in [2.45, 2.75) is 19.3 Å². The van der Waals surface area contributed by atoms with Gasteiger partial charge in [-0.3, -0.25) is 4.99 Å². The van der Waals surface area contributed by atoms with Gasteiger partial charge in [-0.25, -0.2) is 4.39 Å². The Bertz CT molecular complexity index is 869. The first-order chi connectivity index (χ1) is 12.8. The first kappa shape index (κ1) is 18.0. The van der Waals surface area contributed by atoms with Gasteiger partial charge in [0.15, 0.2) is 5.96 Å². The number of H-pyrrole nitrogens is 1. The summed E-state index contributed by atoms with van der Waals surface area (Å²) in [5.41, 5.74) is 3.49. The van der Waals surface area contributed by atoms with Crippen LogP contribution < -0.4 is 10.6 Å². The van der Waals surface area contributed by atoms with E-state index in [2.05, 4.69) is 45.0 Å². The molecule has 0 amide bonds. The van der Waals surface area contributed by atoms with Crippen molar-refractivity contribution >= 4 is 16.9 Å². The average molecular weight is 352 g/mol. The number of aryl methyl sites for hydroxylation is 1. The number of halogens is 1. The van der Waals surface area contributed by atoms with E-state index in [1.807, 2.05) is 12.1 Å². The number of rotatable bonds is 7. The molecule has 0 aliphatic carbocycles. The predicted octanol–water partition coefficient (Wildman–Crippen LogP) is 3.65. The van der Waals surface area contributed by atoms with E-state index in [9.17, 15) is 4.39 Å². The van der Waals surface area contributed by atoms with Crippen LogP contribution in [0.4, 0.5) is 4.39 Å². The van der Waals surface area contributed by atoms with Crippen molar-refractivity contribution in [1.29, 1.82) is 0 Å². The third-order valence-corrected chi connectivity index (χ3v) is 4.41. The van der Waals surface area contributed by atoms with Crippen LogP contribution in [0.15, 0.2) is 59.7 Å². The van der Waals surface area contributed by atoms with Crippen LogP contribution in [0.1, 0.15) is 17.5 Å². The lowest BCUT2D eigenvalue weighted by Gasteiger charge is -2.11. The second-order valence-corrected chi connectivity index (χ2v) is 6.27. The Morgan fingerprint density at radius 2 is 1.88 bits per heavy atom. The van der Waals surface area contributed by atoms with Crippen molar-refractivity contribution in [2.75, 3.05) is 20.1 Å². The second kappa shape index (κ2) is 9.04.